The summed E-state index contributed by atoms with van der Waals surface area (Å²) in [6.45, 7) is 8.19. The number of methoxy groups -OCH3 is 1. The summed E-state index contributed by atoms with van der Waals surface area (Å²) in [5.41, 5.74) is 0.843. The molecule has 0 unspecified atom stereocenters. The maximum absolute atomic E-state index is 12.1. The molecule has 0 fully saturated rings. The molecule has 136 valence electrons. The van der Waals surface area contributed by atoms with E-state index in [1.807, 2.05) is 33.0 Å². The molecule has 2 aromatic rings. The van der Waals surface area contributed by atoms with Gasteiger partial charge in [-0.15, -0.1) is 11.3 Å². The van der Waals surface area contributed by atoms with Crippen molar-refractivity contribution in [3.05, 3.63) is 34.3 Å². The number of hydrogen-bond acceptors (Lipinski definition) is 6. The number of carbonyl (C=O) groups excluding carboxylic acids is 1. The van der Waals surface area contributed by atoms with E-state index < -0.39 is 11.7 Å². The van der Waals surface area contributed by atoms with Crippen molar-refractivity contribution < 1.29 is 14.3 Å². The smallest absolute Gasteiger partial charge is 0.412 e. The van der Waals surface area contributed by atoms with E-state index >= 15 is 0 Å². The van der Waals surface area contributed by atoms with Crippen LogP contribution in [0.2, 0.25) is 0 Å². The number of anilines is 2. The Labute approximate surface area is 152 Å². The molecule has 1 aromatic heterocycles. The molecule has 1 amide bonds. The topological polar surface area (TPSA) is 72.5 Å². The van der Waals surface area contributed by atoms with Crippen LogP contribution in [0.5, 0.6) is 5.75 Å². The predicted molar refractivity (Wildman–Crippen MR) is 102 cm³/mol. The number of carbonyl (C=O) groups is 1. The van der Waals surface area contributed by atoms with E-state index in [2.05, 4.69) is 22.5 Å². The van der Waals surface area contributed by atoms with Gasteiger partial charge in [0.2, 0.25) is 0 Å². The highest BCUT2D eigenvalue weighted by molar-refractivity contribution is 7.11. The highest BCUT2D eigenvalue weighted by Gasteiger charge is 2.17. The van der Waals surface area contributed by atoms with Gasteiger partial charge in [0.15, 0.2) is 0 Å². The number of nitrogens with one attached hydrogen (secondary N) is 2. The van der Waals surface area contributed by atoms with Gasteiger partial charge in [-0.25, -0.2) is 9.78 Å². The highest BCUT2D eigenvalue weighted by Crippen LogP contribution is 2.28. The molecule has 1 aromatic carbocycles. The van der Waals surface area contributed by atoms with Gasteiger partial charge in [-0.3, -0.25) is 5.32 Å². The quantitative estimate of drug-likeness (QED) is 0.780. The standard InChI is InChI=1S/C18H25N3O3S/c1-6-16-20-11-13(25-16)10-19-15-9-12(23-5)7-8-14(15)21-17(22)24-18(2,3)4/h7-9,11,19H,6,10H2,1-5H3,(H,21,22). The number of benzene rings is 1. The summed E-state index contributed by atoms with van der Waals surface area (Å²) in [4.78, 5) is 17.5. The van der Waals surface area contributed by atoms with Gasteiger partial charge < -0.3 is 14.8 Å². The summed E-state index contributed by atoms with van der Waals surface area (Å²) in [7, 11) is 1.61. The van der Waals surface area contributed by atoms with Crippen molar-refractivity contribution in [3.8, 4) is 5.75 Å². The molecule has 2 rings (SSSR count). The average molecular weight is 363 g/mol. The molecule has 0 aliphatic heterocycles. The first-order valence-corrected chi connectivity index (χ1v) is 8.98. The zero-order chi connectivity index (χ0) is 18.4. The number of aromatic nitrogens is 1. The number of aryl methyl sites for hydroxylation is 1. The number of rotatable bonds is 6. The molecule has 0 saturated heterocycles. The second-order valence-corrected chi connectivity index (χ2v) is 7.67. The van der Waals surface area contributed by atoms with E-state index in [1.54, 1.807) is 30.6 Å². The number of nitrogens with zero attached hydrogens (tertiary/aromatic N) is 1. The number of thiazole rings is 1. The van der Waals surface area contributed by atoms with Crippen molar-refractivity contribution in [2.75, 3.05) is 17.7 Å². The third kappa shape index (κ3) is 5.94. The van der Waals surface area contributed by atoms with Crippen LogP contribution in [0.25, 0.3) is 0 Å². The third-order valence-electron chi connectivity index (χ3n) is 3.22. The van der Waals surface area contributed by atoms with Gasteiger partial charge in [0.05, 0.1) is 30.0 Å². The van der Waals surface area contributed by atoms with Crippen molar-refractivity contribution in [3.63, 3.8) is 0 Å². The molecule has 0 spiro atoms. The molecular weight excluding hydrogens is 338 g/mol. The monoisotopic (exact) mass is 363 g/mol. The summed E-state index contributed by atoms with van der Waals surface area (Å²) >= 11 is 1.67. The van der Waals surface area contributed by atoms with Crippen molar-refractivity contribution in [2.24, 2.45) is 0 Å². The third-order valence-corrected chi connectivity index (χ3v) is 4.36. The molecule has 25 heavy (non-hydrogen) atoms. The van der Waals surface area contributed by atoms with Crippen LogP contribution in [0.1, 0.15) is 37.6 Å². The van der Waals surface area contributed by atoms with Crippen LogP contribution >= 0.6 is 11.3 Å². The Morgan fingerprint density at radius 2 is 2.04 bits per heavy atom. The summed E-state index contributed by atoms with van der Waals surface area (Å²) in [6, 6.07) is 5.42. The lowest BCUT2D eigenvalue weighted by Crippen LogP contribution is -2.27. The van der Waals surface area contributed by atoms with E-state index in [0.29, 0.717) is 18.0 Å². The molecule has 0 atom stereocenters. The first kappa shape index (κ1) is 19.1. The molecule has 0 aliphatic rings. The Morgan fingerprint density at radius 3 is 2.64 bits per heavy atom. The Balaban J connectivity index is 2.12. The van der Waals surface area contributed by atoms with Gasteiger partial charge in [-0.2, -0.15) is 0 Å². The van der Waals surface area contributed by atoms with Crippen LogP contribution in [-0.4, -0.2) is 23.8 Å². The van der Waals surface area contributed by atoms with E-state index in [9.17, 15) is 4.79 Å². The van der Waals surface area contributed by atoms with Gasteiger partial charge in [0.25, 0.3) is 0 Å². The molecule has 7 heteroatoms. The van der Waals surface area contributed by atoms with E-state index in [4.69, 9.17) is 9.47 Å². The second kappa shape index (κ2) is 8.20. The molecule has 1 heterocycles. The lowest BCUT2D eigenvalue weighted by Gasteiger charge is -2.21. The molecule has 0 bridgehead atoms. The molecule has 6 nitrogen and oxygen atoms in total. The molecular formula is C18H25N3O3S. The van der Waals surface area contributed by atoms with Gasteiger partial charge in [0.1, 0.15) is 11.4 Å². The molecule has 0 radical (unpaired) electrons. The van der Waals surface area contributed by atoms with E-state index in [-0.39, 0.29) is 0 Å². The Bertz CT molecular complexity index is 723. The van der Waals surface area contributed by atoms with Crippen molar-refractivity contribution >= 4 is 28.8 Å². The fourth-order valence-electron chi connectivity index (χ4n) is 2.09. The Morgan fingerprint density at radius 1 is 1.28 bits per heavy atom. The SMILES string of the molecule is CCc1ncc(CNc2cc(OC)ccc2NC(=O)OC(C)(C)C)s1. The lowest BCUT2D eigenvalue weighted by atomic mass is 10.2. The molecule has 2 N–H and O–H groups in total. The van der Waals surface area contributed by atoms with E-state index in [1.165, 1.54) is 0 Å². The maximum atomic E-state index is 12.1. The minimum atomic E-state index is -0.552. The number of hydrogen-bond donors (Lipinski definition) is 2. The van der Waals surface area contributed by atoms with Crippen LogP contribution in [0.3, 0.4) is 0 Å². The Hall–Kier alpha value is -2.28. The molecule has 0 aliphatic carbocycles. The maximum Gasteiger partial charge on any atom is 0.412 e. The number of ether oxygens (including phenoxy) is 2. The van der Waals surface area contributed by atoms with Crippen LogP contribution < -0.4 is 15.4 Å². The van der Waals surface area contributed by atoms with E-state index in [0.717, 1.165) is 22.0 Å². The zero-order valence-electron chi connectivity index (χ0n) is 15.3. The largest absolute Gasteiger partial charge is 0.497 e. The summed E-state index contributed by atoms with van der Waals surface area (Å²) in [6.07, 6.45) is 2.30. The summed E-state index contributed by atoms with van der Waals surface area (Å²) in [5, 5.41) is 7.22. The van der Waals surface area contributed by atoms with Crippen LogP contribution in [0.15, 0.2) is 24.4 Å². The second-order valence-electron chi connectivity index (χ2n) is 6.47. The minimum absolute atomic E-state index is 0.494. The summed E-state index contributed by atoms with van der Waals surface area (Å²) < 4.78 is 10.6. The highest BCUT2D eigenvalue weighted by atomic mass is 32.1. The van der Waals surface area contributed by atoms with Crippen LogP contribution in [0.4, 0.5) is 16.2 Å². The van der Waals surface area contributed by atoms with Gasteiger partial charge >= 0.3 is 6.09 Å². The van der Waals surface area contributed by atoms with Crippen LogP contribution in [-0.2, 0) is 17.7 Å². The fourth-order valence-corrected chi connectivity index (χ4v) is 2.90. The molecule has 0 saturated carbocycles. The van der Waals surface area contributed by atoms with Gasteiger partial charge in [-0.05, 0) is 39.3 Å². The lowest BCUT2D eigenvalue weighted by molar-refractivity contribution is 0.0636. The minimum Gasteiger partial charge on any atom is -0.497 e. The summed E-state index contributed by atoms with van der Waals surface area (Å²) in [5.74, 6) is 0.704. The van der Waals surface area contributed by atoms with Crippen molar-refractivity contribution in [2.45, 2.75) is 46.3 Å². The van der Waals surface area contributed by atoms with Gasteiger partial charge in [-0.1, -0.05) is 6.92 Å². The zero-order valence-corrected chi connectivity index (χ0v) is 16.1. The van der Waals surface area contributed by atoms with Crippen molar-refractivity contribution in [1.82, 2.24) is 4.98 Å². The van der Waals surface area contributed by atoms with Crippen molar-refractivity contribution in [1.29, 1.82) is 0 Å². The van der Waals surface area contributed by atoms with Crippen LogP contribution in [0, 0.1) is 0 Å². The first-order valence-electron chi connectivity index (χ1n) is 8.16. The number of amides is 1. The predicted octanol–water partition coefficient (Wildman–Crippen LogP) is 4.67. The first-order chi connectivity index (χ1) is 11.8. The normalized spacial score (nSPS) is 11.1. The fraction of sp³-hybridized carbons (Fsp3) is 0.444. The van der Waals surface area contributed by atoms with Gasteiger partial charge in [0, 0.05) is 17.1 Å². The Kier molecular flexibility index (Phi) is 6.25. The average Bonchev–Trinajstić information content (AvgIpc) is 3.00.